The van der Waals surface area contributed by atoms with Gasteiger partial charge in [-0.1, -0.05) is 43.2 Å². The van der Waals surface area contributed by atoms with E-state index < -0.39 is 15.5 Å². The zero-order valence-electron chi connectivity index (χ0n) is 8.97. The highest BCUT2D eigenvalue weighted by Gasteiger charge is 2.36. The first-order chi connectivity index (χ1) is 7.59. The van der Waals surface area contributed by atoms with Gasteiger partial charge in [0.1, 0.15) is 0 Å². The van der Waals surface area contributed by atoms with Crippen molar-refractivity contribution in [1.29, 1.82) is 0 Å². The molecule has 2 atom stereocenters. The number of hydrogen-bond donors (Lipinski definition) is 0. The molecule has 4 heteroatoms. The summed E-state index contributed by atoms with van der Waals surface area (Å²) in [4.78, 5) is 0. The molecule has 1 saturated carbocycles. The van der Waals surface area contributed by atoms with Gasteiger partial charge in [0.15, 0.2) is 0 Å². The zero-order chi connectivity index (χ0) is 11.6. The molecule has 0 spiro atoms. The largest absolute Gasteiger partial charge is 0.305 e. The Labute approximate surface area is 95.7 Å². The van der Waals surface area contributed by atoms with Crippen LogP contribution in [0.1, 0.15) is 37.2 Å². The van der Waals surface area contributed by atoms with Crippen LogP contribution in [0.5, 0.6) is 0 Å². The van der Waals surface area contributed by atoms with Crippen molar-refractivity contribution in [2.45, 2.75) is 36.9 Å². The van der Waals surface area contributed by atoms with E-state index in [2.05, 4.69) is 0 Å². The summed E-state index contributed by atoms with van der Waals surface area (Å²) < 4.78 is 35.4. The van der Waals surface area contributed by atoms with Crippen molar-refractivity contribution in [2.75, 3.05) is 0 Å². The molecule has 0 N–H and O–H groups in total. The molecule has 88 valence electrons. The Morgan fingerprint density at radius 3 is 2.31 bits per heavy atom. The fraction of sp³-hybridized carbons (Fsp3) is 0.500. The first kappa shape index (κ1) is 11.6. The van der Waals surface area contributed by atoms with E-state index in [-0.39, 0.29) is 5.92 Å². The summed E-state index contributed by atoms with van der Waals surface area (Å²) in [5.74, 6) is -0.176. The fourth-order valence-corrected chi connectivity index (χ4v) is 3.65. The average molecular weight is 242 g/mol. The Kier molecular flexibility index (Phi) is 3.28. The molecule has 0 amide bonds. The van der Waals surface area contributed by atoms with Gasteiger partial charge in [0, 0.05) is 5.92 Å². The summed E-state index contributed by atoms with van der Waals surface area (Å²) in [5.41, 5.74) is 0.938. The molecule has 2 rings (SSSR count). The Morgan fingerprint density at radius 2 is 1.69 bits per heavy atom. The minimum atomic E-state index is -4.42. The smallest absolute Gasteiger partial charge is 0.195 e. The second-order valence-corrected chi connectivity index (χ2v) is 5.87. The Hall–Kier alpha value is -0.900. The first-order valence-electron chi connectivity index (χ1n) is 5.57. The SMILES string of the molecule is O=S(=O)(F)C1CCCCC1c1ccccc1. The van der Waals surface area contributed by atoms with Crippen LogP contribution in [0.25, 0.3) is 0 Å². The quantitative estimate of drug-likeness (QED) is 0.747. The molecule has 2 nitrogen and oxygen atoms in total. The number of rotatable bonds is 2. The molecule has 1 aliphatic rings. The maximum absolute atomic E-state index is 13.2. The van der Waals surface area contributed by atoms with Gasteiger partial charge in [0.05, 0.1) is 5.25 Å². The highest BCUT2D eigenvalue weighted by Crippen LogP contribution is 2.37. The third-order valence-corrected chi connectivity index (χ3v) is 4.58. The molecule has 0 aliphatic heterocycles. The summed E-state index contributed by atoms with van der Waals surface area (Å²) in [5, 5.41) is -0.844. The maximum Gasteiger partial charge on any atom is 0.305 e. The molecule has 1 aromatic carbocycles. The lowest BCUT2D eigenvalue weighted by atomic mass is 9.84. The topological polar surface area (TPSA) is 34.1 Å². The first-order valence-corrected chi connectivity index (χ1v) is 7.02. The molecule has 0 aromatic heterocycles. The molecule has 0 saturated heterocycles. The molecule has 16 heavy (non-hydrogen) atoms. The summed E-state index contributed by atoms with van der Waals surface area (Å²) in [6, 6.07) is 9.38. The normalized spacial score (nSPS) is 26.6. The summed E-state index contributed by atoms with van der Waals surface area (Å²) >= 11 is 0. The Bertz CT molecular complexity index is 441. The minimum absolute atomic E-state index is 0.176. The molecule has 1 aliphatic carbocycles. The van der Waals surface area contributed by atoms with Crippen molar-refractivity contribution in [3.63, 3.8) is 0 Å². The molecule has 0 heterocycles. The van der Waals surface area contributed by atoms with Crippen LogP contribution in [0.4, 0.5) is 3.89 Å². The molecule has 0 bridgehead atoms. The van der Waals surface area contributed by atoms with Crippen molar-refractivity contribution in [3.05, 3.63) is 35.9 Å². The Balaban J connectivity index is 2.31. The van der Waals surface area contributed by atoms with Gasteiger partial charge in [-0.15, -0.1) is 3.89 Å². The van der Waals surface area contributed by atoms with Gasteiger partial charge in [0.2, 0.25) is 0 Å². The van der Waals surface area contributed by atoms with Crippen LogP contribution < -0.4 is 0 Å². The molecule has 1 fully saturated rings. The van der Waals surface area contributed by atoms with Crippen molar-refractivity contribution < 1.29 is 12.3 Å². The lowest BCUT2D eigenvalue weighted by molar-refractivity contribution is 0.419. The van der Waals surface area contributed by atoms with Crippen LogP contribution in [-0.4, -0.2) is 13.7 Å². The molecular formula is C12H15FO2S. The van der Waals surface area contributed by atoms with E-state index in [1.807, 2.05) is 30.3 Å². The predicted octanol–water partition coefficient (Wildman–Crippen LogP) is 3.01. The zero-order valence-corrected chi connectivity index (χ0v) is 9.79. The lowest BCUT2D eigenvalue weighted by Crippen LogP contribution is -2.28. The average Bonchev–Trinajstić information content (AvgIpc) is 2.29. The van der Waals surface area contributed by atoms with Gasteiger partial charge in [-0.3, -0.25) is 0 Å². The van der Waals surface area contributed by atoms with E-state index in [1.165, 1.54) is 0 Å². The monoisotopic (exact) mass is 242 g/mol. The van der Waals surface area contributed by atoms with Crippen LogP contribution in [-0.2, 0) is 10.2 Å². The number of halogens is 1. The van der Waals surface area contributed by atoms with Crippen LogP contribution >= 0.6 is 0 Å². The van der Waals surface area contributed by atoms with Gasteiger partial charge >= 0.3 is 10.2 Å². The second-order valence-electron chi connectivity index (χ2n) is 4.32. The fourth-order valence-electron chi connectivity index (χ4n) is 2.52. The molecule has 1 aromatic rings. The second kappa shape index (κ2) is 4.53. The van der Waals surface area contributed by atoms with Gasteiger partial charge < -0.3 is 0 Å². The van der Waals surface area contributed by atoms with E-state index in [1.54, 1.807) is 0 Å². The van der Waals surface area contributed by atoms with Crippen LogP contribution in [0, 0.1) is 0 Å². The number of hydrogen-bond acceptors (Lipinski definition) is 2. The third kappa shape index (κ3) is 2.43. The molecule has 2 unspecified atom stereocenters. The van der Waals surface area contributed by atoms with Crippen LogP contribution in [0.3, 0.4) is 0 Å². The molecule has 0 radical (unpaired) electrons. The van der Waals surface area contributed by atoms with Crippen LogP contribution in [0.2, 0.25) is 0 Å². The van der Waals surface area contributed by atoms with Crippen LogP contribution in [0.15, 0.2) is 30.3 Å². The van der Waals surface area contributed by atoms with E-state index in [9.17, 15) is 12.3 Å². The highest BCUT2D eigenvalue weighted by molar-refractivity contribution is 7.87. The van der Waals surface area contributed by atoms with Gasteiger partial charge in [0.25, 0.3) is 0 Å². The summed E-state index contributed by atoms with van der Waals surface area (Å²) in [6.45, 7) is 0. The maximum atomic E-state index is 13.2. The van der Waals surface area contributed by atoms with E-state index >= 15 is 0 Å². The van der Waals surface area contributed by atoms with Gasteiger partial charge in [-0.05, 0) is 18.4 Å². The molecular weight excluding hydrogens is 227 g/mol. The van der Waals surface area contributed by atoms with E-state index in [4.69, 9.17) is 0 Å². The highest BCUT2D eigenvalue weighted by atomic mass is 32.3. The van der Waals surface area contributed by atoms with Gasteiger partial charge in [-0.25, -0.2) is 0 Å². The van der Waals surface area contributed by atoms with Crippen molar-refractivity contribution >= 4 is 10.2 Å². The van der Waals surface area contributed by atoms with E-state index in [0.717, 1.165) is 24.8 Å². The van der Waals surface area contributed by atoms with Crippen molar-refractivity contribution in [3.8, 4) is 0 Å². The number of benzene rings is 1. The Morgan fingerprint density at radius 1 is 1.06 bits per heavy atom. The van der Waals surface area contributed by atoms with Crippen molar-refractivity contribution in [2.24, 2.45) is 0 Å². The predicted molar refractivity (Wildman–Crippen MR) is 61.5 cm³/mol. The summed E-state index contributed by atoms with van der Waals surface area (Å²) in [7, 11) is -4.42. The minimum Gasteiger partial charge on any atom is -0.195 e. The standard InChI is InChI=1S/C12H15FO2S/c13-16(14,15)12-9-5-4-8-11(12)10-6-2-1-3-7-10/h1-3,6-7,11-12H,4-5,8-9H2. The lowest BCUT2D eigenvalue weighted by Gasteiger charge is -2.28. The van der Waals surface area contributed by atoms with E-state index in [0.29, 0.717) is 6.42 Å². The third-order valence-electron chi connectivity index (χ3n) is 3.29. The summed E-state index contributed by atoms with van der Waals surface area (Å²) in [6.07, 6.45) is 2.99. The van der Waals surface area contributed by atoms with Gasteiger partial charge in [-0.2, -0.15) is 8.42 Å². The van der Waals surface area contributed by atoms with Crippen molar-refractivity contribution in [1.82, 2.24) is 0 Å².